The molecule has 3 aromatic carbocycles. The van der Waals surface area contributed by atoms with Crippen LogP contribution in [0.25, 0.3) is 22.2 Å². The number of benzene rings is 3. The van der Waals surface area contributed by atoms with Crippen LogP contribution < -0.4 is 18.4 Å². The van der Waals surface area contributed by atoms with Crippen LogP contribution in [0.15, 0.2) is 72.8 Å². The van der Waals surface area contributed by atoms with Gasteiger partial charge in [-0.25, -0.2) is 0 Å². The first-order chi connectivity index (χ1) is 13.7. The Labute approximate surface area is 169 Å². The van der Waals surface area contributed by atoms with Crippen molar-refractivity contribution in [3.63, 3.8) is 0 Å². The summed E-state index contributed by atoms with van der Waals surface area (Å²) in [5.41, 5.74) is 2.79. The van der Waals surface area contributed by atoms with Crippen molar-refractivity contribution in [1.82, 2.24) is 4.98 Å². The van der Waals surface area contributed by atoms with Crippen LogP contribution in [-0.4, -0.2) is 39.3 Å². The molecule has 5 heteroatoms. The number of aromatic hydroxyl groups is 1. The summed E-state index contributed by atoms with van der Waals surface area (Å²) in [5.74, 6) is 1.92. The Morgan fingerprint density at radius 2 is 1.46 bits per heavy atom. The monoisotopic (exact) mass is 437 g/mol. The molecule has 0 saturated carbocycles. The maximum absolute atomic E-state index is 9.58. The van der Waals surface area contributed by atoms with E-state index in [0.29, 0.717) is 0 Å². The van der Waals surface area contributed by atoms with Gasteiger partial charge in [-0.05, 0) is 0 Å². The van der Waals surface area contributed by atoms with E-state index < -0.39 is 0 Å². The number of nitrogens with zero attached hydrogens (tertiary/aromatic N) is 1. The Balaban J connectivity index is 1.83. The molecule has 0 bridgehead atoms. The fraction of sp³-hybridized carbons (Fsp3) is 0.0870. The molecule has 0 unspecified atom stereocenters. The zero-order valence-corrected chi connectivity index (χ0v) is 17.3. The number of fused-ring (bicyclic) bond motifs is 1. The summed E-state index contributed by atoms with van der Waals surface area (Å²) in [5, 5.41) is 10.7. The van der Waals surface area contributed by atoms with Gasteiger partial charge in [0.2, 0.25) is 0 Å². The van der Waals surface area contributed by atoms with E-state index in [-0.39, 0.29) is 20.7 Å². The number of rotatable bonds is 5. The fourth-order valence-corrected chi connectivity index (χ4v) is 4.97. The van der Waals surface area contributed by atoms with Gasteiger partial charge in [0.1, 0.15) is 0 Å². The third-order valence-corrected chi connectivity index (χ3v) is 6.66. The molecule has 4 aromatic rings. The number of phenolic OH excluding ortho intramolecular Hbond substituents is 1. The molecule has 0 saturated heterocycles. The van der Waals surface area contributed by atoms with E-state index in [1.165, 1.54) is 8.92 Å². The van der Waals surface area contributed by atoms with E-state index in [4.69, 9.17) is 14.5 Å². The van der Waals surface area contributed by atoms with Crippen LogP contribution in [-0.2, 0) is 0 Å². The third kappa shape index (κ3) is 3.81. The Kier molecular flexibility index (Phi) is 5.20. The van der Waals surface area contributed by atoms with Gasteiger partial charge in [0, 0.05) is 0 Å². The summed E-state index contributed by atoms with van der Waals surface area (Å²) in [6.45, 7) is 0. The van der Waals surface area contributed by atoms with Crippen LogP contribution in [0.5, 0.6) is 17.2 Å². The van der Waals surface area contributed by atoms with Crippen LogP contribution in [0.2, 0.25) is 0 Å². The average Bonchev–Trinajstić information content (AvgIpc) is 2.74. The molecule has 0 amide bonds. The molecule has 0 aliphatic carbocycles. The summed E-state index contributed by atoms with van der Waals surface area (Å²) in [6.07, 6.45) is 0. The zero-order valence-electron chi connectivity index (χ0n) is 15.5. The molecular formula is C23H19NO3Se. The van der Waals surface area contributed by atoms with Crippen LogP contribution >= 0.6 is 0 Å². The summed E-state index contributed by atoms with van der Waals surface area (Å²) in [7, 11) is 3.35. The van der Waals surface area contributed by atoms with Gasteiger partial charge in [-0.15, -0.1) is 0 Å². The molecule has 0 spiro atoms. The summed E-state index contributed by atoms with van der Waals surface area (Å²) in [6, 6.07) is 23.4. The van der Waals surface area contributed by atoms with Gasteiger partial charge in [-0.1, -0.05) is 0 Å². The van der Waals surface area contributed by atoms with Crippen molar-refractivity contribution >= 4 is 34.8 Å². The Morgan fingerprint density at radius 1 is 0.786 bits per heavy atom. The first-order valence-electron chi connectivity index (χ1n) is 8.76. The molecule has 0 aliphatic rings. The van der Waals surface area contributed by atoms with E-state index >= 15 is 0 Å². The van der Waals surface area contributed by atoms with E-state index in [2.05, 4.69) is 18.2 Å². The number of pyridine rings is 1. The molecule has 1 heterocycles. The molecule has 140 valence electrons. The molecule has 1 aromatic heterocycles. The first kappa shape index (κ1) is 18.4. The van der Waals surface area contributed by atoms with Crippen molar-refractivity contribution in [2.24, 2.45) is 0 Å². The summed E-state index contributed by atoms with van der Waals surface area (Å²) >= 11 is 0.0888. The number of hydrogen-bond acceptors (Lipinski definition) is 4. The topological polar surface area (TPSA) is 51.6 Å². The third-order valence-electron chi connectivity index (χ3n) is 4.43. The molecule has 0 radical (unpaired) electrons. The van der Waals surface area contributed by atoms with Crippen molar-refractivity contribution < 1.29 is 14.6 Å². The normalized spacial score (nSPS) is 10.8. The summed E-state index contributed by atoms with van der Waals surface area (Å²) in [4.78, 5) is 4.83. The second-order valence-electron chi connectivity index (χ2n) is 6.21. The number of ether oxygens (including phenoxy) is 2. The van der Waals surface area contributed by atoms with Crippen molar-refractivity contribution in [2.45, 2.75) is 0 Å². The number of aromatic nitrogens is 1. The maximum atomic E-state index is 9.58. The van der Waals surface area contributed by atoms with Gasteiger partial charge in [0.15, 0.2) is 0 Å². The Bertz CT molecular complexity index is 1110. The second kappa shape index (κ2) is 7.93. The van der Waals surface area contributed by atoms with E-state index in [1.54, 1.807) is 26.4 Å². The molecule has 0 atom stereocenters. The number of phenols is 1. The van der Waals surface area contributed by atoms with Gasteiger partial charge in [-0.3, -0.25) is 0 Å². The van der Waals surface area contributed by atoms with Crippen molar-refractivity contribution in [3.8, 4) is 28.5 Å². The van der Waals surface area contributed by atoms with Crippen molar-refractivity contribution in [1.29, 1.82) is 0 Å². The van der Waals surface area contributed by atoms with Crippen molar-refractivity contribution in [3.05, 3.63) is 72.8 Å². The molecule has 1 N–H and O–H groups in total. The van der Waals surface area contributed by atoms with Crippen LogP contribution in [0.1, 0.15) is 0 Å². The molecule has 4 nitrogen and oxygen atoms in total. The number of hydrogen-bond donors (Lipinski definition) is 1. The SMILES string of the molecule is COc1ccc([Se]c2cc(-c3ccc(O)cc3)nc3ccc(OC)cc23)cc1. The van der Waals surface area contributed by atoms with Crippen LogP contribution in [0.3, 0.4) is 0 Å². The van der Waals surface area contributed by atoms with Gasteiger partial charge in [-0.2, -0.15) is 0 Å². The Hall–Kier alpha value is -3.01. The minimum absolute atomic E-state index is 0.0888. The van der Waals surface area contributed by atoms with Crippen molar-refractivity contribution in [2.75, 3.05) is 14.2 Å². The molecule has 4 rings (SSSR count). The molecular weight excluding hydrogens is 417 g/mol. The van der Waals surface area contributed by atoms with E-state index in [0.717, 1.165) is 33.7 Å². The fourth-order valence-electron chi connectivity index (χ4n) is 2.94. The first-order valence-corrected chi connectivity index (χ1v) is 10.5. The van der Waals surface area contributed by atoms with Crippen LogP contribution in [0, 0.1) is 0 Å². The van der Waals surface area contributed by atoms with Gasteiger partial charge in [0.25, 0.3) is 0 Å². The van der Waals surface area contributed by atoms with Gasteiger partial charge in [0.05, 0.1) is 0 Å². The predicted molar refractivity (Wildman–Crippen MR) is 113 cm³/mol. The zero-order chi connectivity index (χ0) is 19.5. The summed E-state index contributed by atoms with van der Waals surface area (Å²) < 4.78 is 13.2. The Morgan fingerprint density at radius 3 is 2.14 bits per heavy atom. The van der Waals surface area contributed by atoms with Crippen LogP contribution in [0.4, 0.5) is 0 Å². The predicted octanol–water partition coefficient (Wildman–Crippen LogP) is 3.28. The van der Waals surface area contributed by atoms with Gasteiger partial charge < -0.3 is 0 Å². The van der Waals surface area contributed by atoms with Gasteiger partial charge >= 0.3 is 170 Å². The molecule has 0 fully saturated rings. The molecule has 0 aliphatic heterocycles. The van der Waals surface area contributed by atoms with E-state index in [9.17, 15) is 5.11 Å². The standard InChI is InChI=1S/C23H19NO3Se/c1-26-17-7-10-19(11-8-17)28-23-14-22(15-3-5-16(25)6-4-15)24-21-12-9-18(27-2)13-20(21)23/h3-14,25H,1-2H3. The molecule has 28 heavy (non-hydrogen) atoms. The quantitative estimate of drug-likeness (QED) is 0.488. The average molecular weight is 436 g/mol. The number of methoxy groups -OCH3 is 2. The van der Waals surface area contributed by atoms with E-state index in [1.807, 2.05) is 42.5 Å². The minimum atomic E-state index is 0.0888. The second-order valence-corrected chi connectivity index (χ2v) is 8.55.